The lowest BCUT2D eigenvalue weighted by Gasteiger charge is -2.28. The minimum Gasteiger partial charge on any atom is -0.505 e. The predicted octanol–water partition coefficient (Wildman–Crippen LogP) is 12.8. The SMILES string of the molecule is CC(C)(c1cc(Cl)c(O)c(Cl)c1)c1cc(Cl)c(OCCc2ccc(/C(S)=C(/S)c3cccs3)cc2)c(Cl)c1.CCC(C)C. The Morgan fingerprint density at radius 2 is 1.37 bits per heavy atom. The fourth-order valence-corrected chi connectivity index (χ4v) is 6.38. The number of ether oxygens (including phenoxy) is 1. The predicted molar refractivity (Wildman–Crippen MR) is 197 cm³/mol. The van der Waals surface area contributed by atoms with Gasteiger partial charge < -0.3 is 9.84 Å². The molecule has 0 aliphatic heterocycles. The van der Waals surface area contributed by atoms with Crippen LogP contribution in [0, 0.1) is 5.92 Å². The number of thiophene rings is 1. The van der Waals surface area contributed by atoms with Crippen molar-refractivity contribution >= 4 is 92.8 Å². The highest BCUT2D eigenvalue weighted by atomic mass is 35.5. The Morgan fingerprint density at radius 3 is 1.84 bits per heavy atom. The second-order valence-electron chi connectivity index (χ2n) is 11.0. The fourth-order valence-electron chi connectivity index (χ4n) is 3.92. The van der Waals surface area contributed by atoms with Crippen LogP contribution in [0.1, 0.15) is 68.2 Å². The van der Waals surface area contributed by atoms with Gasteiger partial charge in [-0.1, -0.05) is 118 Å². The van der Waals surface area contributed by atoms with Gasteiger partial charge in [-0.25, -0.2) is 0 Å². The molecule has 0 bridgehead atoms. The Bertz CT molecular complexity index is 1500. The van der Waals surface area contributed by atoms with Gasteiger partial charge in [0.05, 0.1) is 26.7 Å². The highest BCUT2D eigenvalue weighted by Gasteiger charge is 2.27. The molecule has 3 aromatic carbocycles. The normalized spacial score (nSPS) is 12.1. The Kier molecular flexibility index (Phi) is 13.6. The van der Waals surface area contributed by atoms with Gasteiger partial charge in [-0.2, -0.15) is 0 Å². The number of halogens is 4. The van der Waals surface area contributed by atoms with Crippen LogP contribution < -0.4 is 4.74 Å². The Morgan fingerprint density at radius 1 is 0.860 bits per heavy atom. The molecule has 0 aliphatic rings. The molecule has 4 rings (SSSR count). The van der Waals surface area contributed by atoms with Crippen molar-refractivity contribution in [3.05, 3.63) is 113 Å². The van der Waals surface area contributed by atoms with E-state index in [9.17, 15) is 5.11 Å². The number of hydrogen-bond acceptors (Lipinski definition) is 5. The van der Waals surface area contributed by atoms with Gasteiger partial charge in [-0.05, 0) is 63.9 Å². The number of phenolic OH excluding ortho intramolecular Hbond substituents is 1. The first-order chi connectivity index (χ1) is 20.3. The molecule has 4 aromatic rings. The quantitative estimate of drug-likeness (QED) is 0.151. The topological polar surface area (TPSA) is 29.5 Å². The molecule has 1 N–H and O–H groups in total. The number of aromatic hydroxyl groups is 1. The lowest BCUT2D eigenvalue weighted by Crippen LogP contribution is -2.19. The molecule has 0 amide bonds. The summed E-state index contributed by atoms with van der Waals surface area (Å²) < 4.78 is 5.99. The molecule has 0 fully saturated rings. The zero-order valence-corrected chi connectivity index (χ0v) is 30.3. The first-order valence-corrected chi connectivity index (χ1v) is 17.1. The maximum atomic E-state index is 9.92. The van der Waals surface area contributed by atoms with Crippen LogP contribution in [0.3, 0.4) is 0 Å². The summed E-state index contributed by atoms with van der Waals surface area (Å²) in [6.45, 7) is 11.0. The summed E-state index contributed by atoms with van der Waals surface area (Å²) in [5, 5.41) is 13.1. The van der Waals surface area contributed by atoms with Crippen LogP contribution >= 0.6 is 83.0 Å². The summed E-state index contributed by atoms with van der Waals surface area (Å²) >= 11 is 36.5. The minimum absolute atomic E-state index is 0.144. The van der Waals surface area contributed by atoms with Gasteiger partial charge in [0, 0.05) is 26.5 Å². The zero-order chi connectivity index (χ0) is 31.9. The van der Waals surface area contributed by atoms with E-state index < -0.39 is 5.41 Å². The maximum absolute atomic E-state index is 9.92. The molecular weight excluding hydrogens is 678 g/mol. The van der Waals surface area contributed by atoms with Crippen molar-refractivity contribution < 1.29 is 9.84 Å². The van der Waals surface area contributed by atoms with Crippen molar-refractivity contribution in [2.24, 2.45) is 5.92 Å². The maximum Gasteiger partial charge on any atom is 0.156 e. The summed E-state index contributed by atoms with van der Waals surface area (Å²) in [5.41, 5.74) is 3.24. The van der Waals surface area contributed by atoms with Crippen molar-refractivity contribution in [1.82, 2.24) is 0 Å². The van der Waals surface area contributed by atoms with Gasteiger partial charge in [0.25, 0.3) is 0 Å². The van der Waals surface area contributed by atoms with Crippen LogP contribution in [0.25, 0.3) is 9.81 Å². The summed E-state index contributed by atoms with van der Waals surface area (Å²) in [4.78, 5) is 2.76. The largest absolute Gasteiger partial charge is 0.505 e. The van der Waals surface area contributed by atoms with Gasteiger partial charge in [-0.15, -0.1) is 36.6 Å². The number of phenols is 1. The van der Waals surface area contributed by atoms with E-state index in [4.69, 9.17) is 51.1 Å². The number of benzene rings is 3. The first kappa shape index (κ1) is 36.0. The van der Waals surface area contributed by atoms with Crippen LogP contribution in [0.4, 0.5) is 0 Å². The fraction of sp³-hybridized carbons (Fsp3) is 0.294. The smallest absolute Gasteiger partial charge is 0.156 e. The van der Waals surface area contributed by atoms with Gasteiger partial charge in [0.1, 0.15) is 0 Å². The summed E-state index contributed by atoms with van der Waals surface area (Å²) in [6, 6.07) is 19.2. The standard InChI is InChI=1S/C29H24Cl4O2S3.C5H12/c1-29(2,18-12-20(30)25(34)21(31)13-18)19-14-22(32)26(23(33)15-19)35-10-9-16-5-7-17(8-6-16)27(36)28(37)24-4-3-11-38-24;1-4-5(2)3/h3-8,11-15,34,36-37H,9-10H2,1-2H3;5H,4H2,1-3H3/b28-27-;. The Hall–Kier alpha value is -1.44. The van der Waals surface area contributed by atoms with E-state index in [2.05, 4.69) is 46.0 Å². The monoisotopic (exact) mass is 712 g/mol. The van der Waals surface area contributed by atoms with Crippen LogP contribution in [0.2, 0.25) is 20.1 Å². The molecule has 2 nitrogen and oxygen atoms in total. The molecule has 0 aliphatic carbocycles. The van der Waals surface area contributed by atoms with Crippen molar-refractivity contribution in [2.45, 2.75) is 52.9 Å². The highest BCUT2D eigenvalue weighted by Crippen LogP contribution is 2.43. The van der Waals surface area contributed by atoms with E-state index >= 15 is 0 Å². The Balaban J connectivity index is 0.000000934. The zero-order valence-electron chi connectivity index (χ0n) is 24.7. The van der Waals surface area contributed by atoms with Gasteiger partial charge in [0.15, 0.2) is 11.5 Å². The van der Waals surface area contributed by atoms with E-state index in [1.165, 1.54) is 6.42 Å². The van der Waals surface area contributed by atoms with Crippen molar-refractivity contribution in [1.29, 1.82) is 0 Å². The third kappa shape index (κ3) is 9.53. The second-order valence-corrected chi connectivity index (χ2v) is 14.4. The van der Waals surface area contributed by atoms with Gasteiger partial charge in [-0.3, -0.25) is 0 Å². The molecule has 9 heteroatoms. The molecule has 0 saturated heterocycles. The third-order valence-electron chi connectivity index (χ3n) is 7.12. The van der Waals surface area contributed by atoms with Gasteiger partial charge >= 0.3 is 0 Å². The molecule has 0 saturated carbocycles. The first-order valence-electron chi connectivity index (χ1n) is 13.8. The van der Waals surface area contributed by atoms with E-state index in [0.717, 1.165) is 42.9 Å². The van der Waals surface area contributed by atoms with E-state index in [-0.39, 0.29) is 15.8 Å². The van der Waals surface area contributed by atoms with Crippen molar-refractivity contribution in [3.8, 4) is 11.5 Å². The van der Waals surface area contributed by atoms with Crippen LogP contribution in [-0.4, -0.2) is 11.7 Å². The lowest BCUT2D eigenvalue weighted by molar-refractivity contribution is 0.322. The van der Waals surface area contributed by atoms with E-state index in [1.807, 2.05) is 67.8 Å². The molecular formula is C34H36Cl4O2S3. The van der Waals surface area contributed by atoms with Crippen molar-refractivity contribution in [3.63, 3.8) is 0 Å². The van der Waals surface area contributed by atoms with Gasteiger partial charge in [0.2, 0.25) is 0 Å². The summed E-state index contributed by atoms with van der Waals surface area (Å²) in [7, 11) is 0. The minimum atomic E-state index is -0.537. The highest BCUT2D eigenvalue weighted by molar-refractivity contribution is 7.96. The molecule has 230 valence electrons. The van der Waals surface area contributed by atoms with Crippen molar-refractivity contribution in [2.75, 3.05) is 6.61 Å². The number of hydrogen-bond donors (Lipinski definition) is 3. The lowest BCUT2D eigenvalue weighted by atomic mass is 9.78. The molecule has 0 radical (unpaired) electrons. The molecule has 0 atom stereocenters. The van der Waals surface area contributed by atoms with E-state index in [1.54, 1.807) is 23.5 Å². The Labute approximate surface area is 290 Å². The van der Waals surface area contributed by atoms with Crippen LogP contribution in [0.15, 0.2) is 66.0 Å². The summed E-state index contributed by atoms with van der Waals surface area (Å²) in [6.07, 6.45) is 1.98. The average Bonchev–Trinajstić information content (AvgIpc) is 3.52. The average molecular weight is 715 g/mol. The molecule has 0 spiro atoms. The van der Waals surface area contributed by atoms with Crippen LogP contribution in [-0.2, 0) is 11.8 Å². The number of thiol groups is 2. The molecule has 0 unspecified atom stereocenters. The third-order valence-corrected chi connectivity index (χ3v) is 10.4. The second kappa shape index (κ2) is 16.2. The summed E-state index contributed by atoms with van der Waals surface area (Å²) in [5.74, 6) is 1.17. The van der Waals surface area contributed by atoms with Crippen LogP contribution in [0.5, 0.6) is 11.5 Å². The molecule has 1 heterocycles. The van der Waals surface area contributed by atoms with E-state index in [0.29, 0.717) is 28.8 Å². The molecule has 43 heavy (non-hydrogen) atoms. The number of rotatable bonds is 9. The molecule has 1 aromatic heterocycles.